The Kier molecular flexibility index (Phi) is 3.17. The highest BCUT2D eigenvalue weighted by molar-refractivity contribution is 6.02. The number of hydrogen-bond acceptors (Lipinski definition) is 4. The summed E-state index contributed by atoms with van der Waals surface area (Å²) in [5, 5.41) is 8.50. The quantitative estimate of drug-likeness (QED) is 0.812. The van der Waals surface area contributed by atoms with Gasteiger partial charge in [0.1, 0.15) is 24.0 Å². The van der Waals surface area contributed by atoms with Gasteiger partial charge in [0, 0.05) is 25.1 Å². The molecule has 1 saturated heterocycles. The third-order valence-electron chi connectivity index (χ3n) is 4.33. The molecule has 0 radical (unpaired) electrons. The van der Waals surface area contributed by atoms with Gasteiger partial charge in [-0.3, -0.25) is 9.56 Å². The second kappa shape index (κ2) is 5.19. The van der Waals surface area contributed by atoms with E-state index >= 15 is 0 Å². The molecule has 0 saturated carbocycles. The molecule has 1 aromatic carbocycles. The molecule has 5 nitrogen and oxygen atoms in total. The second-order valence-corrected chi connectivity index (χ2v) is 5.72. The second-order valence-electron chi connectivity index (χ2n) is 5.72. The van der Waals surface area contributed by atoms with Gasteiger partial charge in [-0.05, 0) is 31.0 Å². The van der Waals surface area contributed by atoms with Crippen LogP contribution in [0.2, 0.25) is 0 Å². The van der Waals surface area contributed by atoms with Gasteiger partial charge in [-0.1, -0.05) is 6.92 Å². The van der Waals surface area contributed by atoms with Crippen molar-refractivity contribution in [1.29, 1.82) is 0 Å². The molecule has 4 rings (SSSR count). The maximum atomic E-state index is 13.9. The number of likely N-dealkylation sites (tertiary alicyclic amines) is 1. The molecule has 3 heterocycles. The summed E-state index contributed by atoms with van der Waals surface area (Å²) in [6.07, 6.45) is 3.11. The maximum absolute atomic E-state index is 13.9. The van der Waals surface area contributed by atoms with Crippen LogP contribution in [0, 0.1) is 5.82 Å². The van der Waals surface area contributed by atoms with Crippen LogP contribution in [-0.2, 0) is 13.0 Å². The minimum absolute atomic E-state index is 0.236. The van der Waals surface area contributed by atoms with Gasteiger partial charge in [-0.15, -0.1) is 10.2 Å². The number of aryl methyl sites for hydroxylation is 1. The van der Waals surface area contributed by atoms with Crippen LogP contribution >= 0.6 is 0 Å². The number of benzene rings is 1. The van der Waals surface area contributed by atoms with Gasteiger partial charge >= 0.3 is 0 Å². The van der Waals surface area contributed by atoms with E-state index in [-0.39, 0.29) is 5.82 Å². The van der Waals surface area contributed by atoms with Crippen LogP contribution in [0.3, 0.4) is 0 Å². The van der Waals surface area contributed by atoms with Gasteiger partial charge in [-0.2, -0.15) is 0 Å². The molecule has 2 aromatic rings. The van der Waals surface area contributed by atoms with Crippen molar-refractivity contribution in [3.05, 3.63) is 41.2 Å². The smallest absolute Gasteiger partial charge is 0.159 e. The zero-order chi connectivity index (χ0) is 15.1. The highest BCUT2D eigenvalue weighted by atomic mass is 19.1. The highest BCUT2D eigenvalue weighted by Crippen LogP contribution is 2.26. The lowest BCUT2D eigenvalue weighted by atomic mass is 10.1. The molecule has 114 valence electrons. The molecule has 0 spiro atoms. The van der Waals surface area contributed by atoms with Crippen molar-refractivity contribution in [3.8, 4) is 5.69 Å². The van der Waals surface area contributed by atoms with Gasteiger partial charge in [0.2, 0.25) is 0 Å². The monoisotopic (exact) mass is 299 g/mol. The number of hydrogen-bond donors (Lipinski definition) is 0. The van der Waals surface area contributed by atoms with Gasteiger partial charge in [0.15, 0.2) is 5.82 Å². The first-order valence-corrected chi connectivity index (χ1v) is 7.81. The molecular formula is C16H18FN5. The fourth-order valence-electron chi connectivity index (χ4n) is 3.28. The number of nitrogens with zero attached hydrogens (tertiary/aromatic N) is 5. The van der Waals surface area contributed by atoms with E-state index in [4.69, 9.17) is 4.99 Å². The Hall–Kier alpha value is -2.24. The third-order valence-corrected chi connectivity index (χ3v) is 4.33. The summed E-state index contributed by atoms with van der Waals surface area (Å²) >= 11 is 0. The lowest BCUT2D eigenvalue weighted by Gasteiger charge is -2.21. The van der Waals surface area contributed by atoms with Gasteiger partial charge in [0.25, 0.3) is 0 Å². The minimum Gasteiger partial charge on any atom is -0.356 e. The topological polar surface area (TPSA) is 46.3 Å². The third kappa shape index (κ3) is 2.01. The molecule has 0 unspecified atom stereocenters. The van der Waals surface area contributed by atoms with Crippen molar-refractivity contribution in [2.24, 2.45) is 4.99 Å². The van der Waals surface area contributed by atoms with Crippen molar-refractivity contribution < 1.29 is 4.39 Å². The predicted octanol–water partition coefficient (Wildman–Crippen LogP) is 2.32. The molecular weight excluding hydrogens is 281 g/mol. The van der Waals surface area contributed by atoms with Crippen LogP contribution in [0.4, 0.5) is 4.39 Å². The molecule has 1 aromatic heterocycles. The van der Waals surface area contributed by atoms with Crippen molar-refractivity contribution in [2.75, 3.05) is 13.1 Å². The number of halogens is 1. The van der Waals surface area contributed by atoms with Crippen molar-refractivity contribution >= 4 is 5.84 Å². The molecule has 0 atom stereocenters. The standard InChI is InChI=1S/C16H18FN5/c1-2-14-19-20-15-10-18-16(21-7-3-4-8-21)12-9-11(17)5-6-13(12)22(14)15/h5-6,9H,2-4,7-8,10H2,1H3. The van der Waals surface area contributed by atoms with E-state index in [0.29, 0.717) is 6.54 Å². The van der Waals surface area contributed by atoms with E-state index < -0.39 is 0 Å². The van der Waals surface area contributed by atoms with Crippen molar-refractivity contribution in [2.45, 2.75) is 32.7 Å². The summed E-state index contributed by atoms with van der Waals surface area (Å²) in [5.41, 5.74) is 1.77. The summed E-state index contributed by atoms with van der Waals surface area (Å²) < 4.78 is 15.9. The summed E-state index contributed by atoms with van der Waals surface area (Å²) in [6.45, 7) is 4.49. The average Bonchev–Trinajstić information content (AvgIpc) is 3.15. The molecule has 2 aliphatic heterocycles. The van der Waals surface area contributed by atoms with Crippen LogP contribution in [0.1, 0.15) is 37.0 Å². The van der Waals surface area contributed by atoms with E-state index in [2.05, 4.69) is 15.1 Å². The highest BCUT2D eigenvalue weighted by Gasteiger charge is 2.26. The van der Waals surface area contributed by atoms with Crippen LogP contribution < -0.4 is 0 Å². The van der Waals surface area contributed by atoms with E-state index in [0.717, 1.165) is 61.1 Å². The molecule has 22 heavy (non-hydrogen) atoms. The largest absolute Gasteiger partial charge is 0.356 e. The van der Waals surface area contributed by atoms with E-state index in [1.165, 1.54) is 6.07 Å². The van der Waals surface area contributed by atoms with E-state index in [1.54, 1.807) is 6.07 Å². The van der Waals surface area contributed by atoms with Gasteiger partial charge in [0.05, 0.1) is 5.69 Å². The predicted molar refractivity (Wildman–Crippen MR) is 81.7 cm³/mol. The van der Waals surface area contributed by atoms with E-state index in [1.807, 2.05) is 17.6 Å². The van der Waals surface area contributed by atoms with Crippen LogP contribution in [0.15, 0.2) is 23.2 Å². The Morgan fingerprint density at radius 1 is 1.18 bits per heavy atom. The molecule has 6 heteroatoms. The fourth-order valence-corrected chi connectivity index (χ4v) is 3.28. The molecule has 0 amide bonds. The molecule has 1 fully saturated rings. The summed E-state index contributed by atoms with van der Waals surface area (Å²) in [7, 11) is 0. The number of amidine groups is 1. The average molecular weight is 299 g/mol. The maximum Gasteiger partial charge on any atom is 0.159 e. The van der Waals surface area contributed by atoms with Crippen LogP contribution in [-0.4, -0.2) is 38.6 Å². The molecule has 2 aliphatic rings. The Bertz CT molecular complexity index is 743. The Balaban J connectivity index is 1.92. The zero-order valence-electron chi connectivity index (χ0n) is 12.6. The summed E-state index contributed by atoms with van der Waals surface area (Å²) in [6, 6.07) is 4.89. The first kappa shape index (κ1) is 13.4. The lowest BCUT2D eigenvalue weighted by molar-refractivity contribution is 0.517. The van der Waals surface area contributed by atoms with Crippen LogP contribution in [0.25, 0.3) is 5.69 Å². The SMILES string of the molecule is CCc1nnc2n1-c1ccc(F)cc1C(N1CCCC1)=NC2. The number of rotatable bonds is 1. The number of fused-ring (bicyclic) bond motifs is 3. The first-order valence-electron chi connectivity index (χ1n) is 7.81. The zero-order valence-corrected chi connectivity index (χ0v) is 12.6. The lowest BCUT2D eigenvalue weighted by Crippen LogP contribution is -2.29. The summed E-state index contributed by atoms with van der Waals surface area (Å²) in [5.74, 6) is 2.36. The Morgan fingerprint density at radius 2 is 2.00 bits per heavy atom. The van der Waals surface area contributed by atoms with Gasteiger partial charge in [-0.25, -0.2) is 4.39 Å². The Morgan fingerprint density at radius 3 is 2.77 bits per heavy atom. The number of aromatic nitrogens is 3. The molecule has 0 bridgehead atoms. The van der Waals surface area contributed by atoms with Crippen molar-refractivity contribution in [1.82, 2.24) is 19.7 Å². The fraction of sp³-hybridized carbons (Fsp3) is 0.438. The summed E-state index contributed by atoms with van der Waals surface area (Å²) in [4.78, 5) is 6.98. The normalized spacial score (nSPS) is 17.0. The Labute approximate surface area is 128 Å². The number of aliphatic imine (C=N–C) groups is 1. The van der Waals surface area contributed by atoms with Crippen LogP contribution in [0.5, 0.6) is 0 Å². The molecule has 0 aliphatic carbocycles. The van der Waals surface area contributed by atoms with Crippen molar-refractivity contribution in [3.63, 3.8) is 0 Å². The first-order chi connectivity index (χ1) is 10.8. The van der Waals surface area contributed by atoms with E-state index in [9.17, 15) is 4.39 Å². The minimum atomic E-state index is -0.236. The van der Waals surface area contributed by atoms with Gasteiger partial charge < -0.3 is 4.90 Å². The molecule has 0 N–H and O–H groups in total.